The summed E-state index contributed by atoms with van der Waals surface area (Å²) in [6.45, 7) is 0. The SMILES string of the molecule is COc1c2ccccc2c(OC)c2cc(CS(=O)(=O)OC)ccc12. The maximum atomic E-state index is 11.7. The molecule has 126 valence electrons. The molecule has 0 aliphatic heterocycles. The molecule has 0 atom stereocenters. The first-order valence-corrected chi connectivity index (χ1v) is 8.92. The Morgan fingerprint density at radius 1 is 0.792 bits per heavy atom. The molecule has 0 aromatic heterocycles. The topological polar surface area (TPSA) is 61.8 Å². The van der Waals surface area contributed by atoms with E-state index in [1.54, 1.807) is 26.4 Å². The van der Waals surface area contributed by atoms with Crippen molar-refractivity contribution < 1.29 is 22.1 Å². The molecule has 0 fully saturated rings. The lowest BCUT2D eigenvalue weighted by atomic mass is 9.99. The molecule has 0 aliphatic carbocycles. The lowest BCUT2D eigenvalue weighted by Crippen LogP contribution is -2.05. The van der Waals surface area contributed by atoms with Crippen LogP contribution in [0.4, 0.5) is 0 Å². The van der Waals surface area contributed by atoms with Gasteiger partial charge in [0.05, 0.1) is 21.3 Å². The standard InChI is InChI=1S/C18H18O5S/c1-21-17-13-6-4-5-7-14(13)18(22-2)16-10-12(8-9-15(16)17)11-24(19,20)23-3/h4-10H,11H2,1-3H3. The summed E-state index contributed by atoms with van der Waals surface area (Å²) in [5.41, 5.74) is 0.625. The maximum absolute atomic E-state index is 11.7. The Morgan fingerprint density at radius 3 is 1.88 bits per heavy atom. The Hall–Kier alpha value is -2.31. The van der Waals surface area contributed by atoms with Crippen molar-refractivity contribution in [3.05, 3.63) is 48.0 Å². The summed E-state index contributed by atoms with van der Waals surface area (Å²) in [6, 6.07) is 13.2. The number of hydrogen-bond donors (Lipinski definition) is 0. The Kier molecular flexibility index (Phi) is 4.34. The van der Waals surface area contributed by atoms with Gasteiger partial charge in [0.2, 0.25) is 0 Å². The van der Waals surface area contributed by atoms with E-state index in [0.717, 1.165) is 34.4 Å². The first kappa shape index (κ1) is 16.5. The summed E-state index contributed by atoms with van der Waals surface area (Å²) in [6.07, 6.45) is 0. The minimum atomic E-state index is -3.59. The lowest BCUT2D eigenvalue weighted by Gasteiger charge is -2.15. The molecule has 6 heteroatoms. The van der Waals surface area contributed by atoms with E-state index in [-0.39, 0.29) is 5.75 Å². The highest BCUT2D eigenvalue weighted by molar-refractivity contribution is 7.85. The van der Waals surface area contributed by atoms with Gasteiger partial charge in [-0.05, 0) is 11.6 Å². The van der Waals surface area contributed by atoms with Gasteiger partial charge in [-0.25, -0.2) is 0 Å². The zero-order valence-corrected chi connectivity index (χ0v) is 14.5. The first-order chi connectivity index (χ1) is 11.5. The van der Waals surface area contributed by atoms with Crippen molar-refractivity contribution in [2.24, 2.45) is 0 Å². The number of benzene rings is 3. The summed E-state index contributed by atoms with van der Waals surface area (Å²) in [5, 5.41) is 3.53. The largest absolute Gasteiger partial charge is 0.495 e. The zero-order chi connectivity index (χ0) is 17.3. The van der Waals surface area contributed by atoms with Crippen molar-refractivity contribution in [2.45, 2.75) is 5.75 Å². The summed E-state index contributed by atoms with van der Waals surface area (Å²) in [4.78, 5) is 0. The van der Waals surface area contributed by atoms with Gasteiger partial charge in [0.25, 0.3) is 10.1 Å². The van der Waals surface area contributed by atoms with E-state index in [4.69, 9.17) is 9.47 Å². The molecule has 5 nitrogen and oxygen atoms in total. The van der Waals surface area contributed by atoms with Gasteiger partial charge in [-0.2, -0.15) is 8.42 Å². The van der Waals surface area contributed by atoms with Crippen LogP contribution in [0.2, 0.25) is 0 Å². The molecular formula is C18H18O5S. The summed E-state index contributed by atoms with van der Waals surface area (Å²) >= 11 is 0. The maximum Gasteiger partial charge on any atom is 0.271 e. The van der Waals surface area contributed by atoms with Crippen LogP contribution in [0.5, 0.6) is 11.5 Å². The van der Waals surface area contributed by atoms with Crippen LogP contribution >= 0.6 is 0 Å². The van der Waals surface area contributed by atoms with Gasteiger partial charge in [-0.3, -0.25) is 4.18 Å². The second kappa shape index (κ2) is 6.30. The molecule has 0 spiro atoms. The van der Waals surface area contributed by atoms with E-state index in [0.29, 0.717) is 11.3 Å². The molecule has 0 saturated carbocycles. The van der Waals surface area contributed by atoms with Crippen molar-refractivity contribution in [2.75, 3.05) is 21.3 Å². The third kappa shape index (κ3) is 2.79. The minimum Gasteiger partial charge on any atom is -0.495 e. The fourth-order valence-electron chi connectivity index (χ4n) is 2.94. The Bertz CT molecular complexity index is 1010. The molecule has 3 aromatic rings. The minimum absolute atomic E-state index is 0.197. The second-order valence-electron chi connectivity index (χ2n) is 5.36. The molecule has 0 heterocycles. The summed E-state index contributed by atoms with van der Waals surface area (Å²) < 4.78 is 39.2. The highest BCUT2D eigenvalue weighted by atomic mass is 32.2. The number of ether oxygens (including phenoxy) is 2. The average molecular weight is 346 g/mol. The molecule has 0 unspecified atom stereocenters. The Balaban J connectivity index is 2.34. The van der Waals surface area contributed by atoms with Crippen molar-refractivity contribution in [3.63, 3.8) is 0 Å². The third-order valence-electron chi connectivity index (χ3n) is 4.00. The lowest BCUT2D eigenvalue weighted by molar-refractivity contribution is 0.397. The highest BCUT2D eigenvalue weighted by Crippen LogP contribution is 2.42. The normalized spacial score (nSPS) is 11.8. The van der Waals surface area contributed by atoms with Crippen LogP contribution in [0, 0.1) is 0 Å². The van der Waals surface area contributed by atoms with Crippen LogP contribution in [0.1, 0.15) is 5.56 Å². The van der Waals surface area contributed by atoms with Crippen molar-refractivity contribution in [1.82, 2.24) is 0 Å². The van der Waals surface area contributed by atoms with Crippen molar-refractivity contribution in [1.29, 1.82) is 0 Å². The van der Waals surface area contributed by atoms with Gasteiger partial charge in [-0.15, -0.1) is 0 Å². The molecule has 0 radical (unpaired) electrons. The third-order valence-corrected chi connectivity index (χ3v) is 5.19. The molecule has 0 saturated heterocycles. The quantitative estimate of drug-likeness (QED) is 0.523. The number of hydrogen-bond acceptors (Lipinski definition) is 5. The van der Waals surface area contributed by atoms with Crippen LogP contribution in [-0.2, 0) is 20.1 Å². The molecule has 0 aliphatic rings. The highest BCUT2D eigenvalue weighted by Gasteiger charge is 2.17. The van der Waals surface area contributed by atoms with Crippen LogP contribution in [0.3, 0.4) is 0 Å². The molecule has 0 N–H and O–H groups in total. The van der Waals surface area contributed by atoms with Crippen LogP contribution in [0.25, 0.3) is 21.5 Å². The first-order valence-electron chi connectivity index (χ1n) is 7.34. The predicted molar refractivity (Wildman–Crippen MR) is 94.2 cm³/mol. The summed E-state index contributed by atoms with van der Waals surface area (Å²) in [7, 11) is 0.795. The summed E-state index contributed by atoms with van der Waals surface area (Å²) in [5.74, 6) is 1.23. The van der Waals surface area contributed by atoms with E-state index in [9.17, 15) is 8.42 Å². The Labute approximate surface area is 140 Å². The van der Waals surface area contributed by atoms with Gasteiger partial charge in [-0.1, -0.05) is 36.4 Å². The van der Waals surface area contributed by atoms with Gasteiger partial charge >= 0.3 is 0 Å². The number of methoxy groups -OCH3 is 2. The van der Waals surface area contributed by atoms with E-state index in [1.165, 1.54) is 0 Å². The van der Waals surface area contributed by atoms with Gasteiger partial charge in [0.15, 0.2) is 0 Å². The number of rotatable bonds is 5. The van der Waals surface area contributed by atoms with Crippen LogP contribution < -0.4 is 9.47 Å². The van der Waals surface area contributed by atoms with E-state index in [1.807, 2.05) is 30.3 Å². The zero-order valence-electron chi connectivity index (χ0n) is 13.7. The van der Waals surface area contributed by atoms with Gasteiger partial charge in [0.1, 0.15) is 17.3 Å². The monoisotopic (exact) mass is 346 g/mol. The fourth-order valence-corrected chi connectivity index (χ4v) is 3.64. The van der Waals surface area contributed by atoms with Gasteiger partial charge in [0, 0.05) is 21.5 Å². The van der Waals surface area contributed by atoms with Gasteiger partial charge < -0.3 is 9.47 Å². The smallest absolute Gasteiger partial charge is 0.271 e. The van der Waals surface area contributed by atoms with Crippen molar-refractivity contribution >= 4 is 31.7 Å². The predicted octanol–water partition coefficient (Wildman–Crippen LogP) is 3.49. The molecule has 3 aromatic carbocycles. The van der Waals surface area contributed by atoms with E-state index >= 15 is 0 Å². The molecule has 0 bridgehead atoms. The van der Waals surface area contributed by atoms with Crippen molar-refractivity contribution in [3.8, 4) is 11.5 Å². The number of fused-ring (bicyclic) bond motifs is 2. The van der Waals surface area contributed by atoms with Crippen LogP contribution in [-0.4, -0.2) is 29.7 Å². The van der Waals surface area contributed by atoms with E-state index < -0.39 is 10.1 Å². The van der Waals surface area contributed by atoms with Crippen LogP contribution in [0.15, 0.2) is 42.5 Å². The molecule has 24 heavy (non-hydrogen) atoms. The Morgan fingerprint density at radius 2 is 1.33 bits per heavy atom. The van der Waals surface area contributed by atoms with E-state index in [2.05, 4.69) is 4.18 Å². The second-order valence-corrected chi connectivity index (χ2v) is 7.10. The molecule has 0 amide bonds. The molecular weight excluding hydrogens is 328 g/mol. The fraction of sp³-hybridized carbons (Fsp3) is 0.222. The average Bonchev–Trinajstić information content (AvgIpc) is 2.59. The molecule has 3 rings (SSSR count).